The molecule has 1 amide bonds. The highest BCUT2D eigenvalue weighted by molar-refractivity contribution is 5.80. The molecule has 25 heavy (non-hydrogen) atoms. The lowest BCUT2D eigenvalue weighted by molar-refractivity contribution is -0.126. The third-order valence-corrected chi connectivity index (χ3v) is 5.79. The fourth-order valence-electron chi connectivity index (χ4n) is 4.40. The van der Waals surface area contributed by atoms with Crippen molar-refractivity contribution < 1.29 is 9.53 Å². The van der Waals surface area contributed by atoms with Gasteiger partial charge in [0, 0.05) is 24.2 Å². The number of nitrogens with zero attached hydrogens (tertiary/aromatic N) is 2. The maximum absolute atomic E-state index is 12.5. The van der Waals surface area contributed by atoms with Gasteiger partial charge in [-0.15, -0.1) is 0 Å². The van der Waals surface area contributed by atoms with Gasteiger partial charge in [-0.25, -0.2) is 4.98 Å². The van der Waals surface area contributed by atoms with Gasteiger partial charge in [-0.1, -0.05) is 12.2 Å². The van der Waals surface area contributed by atoms with E-state index in [4.69, 9.17) is 10.00 Å². The molecule has 130 valence electrons. The summed E-state index contributed by atoms with van der Waals surface area (Å²) in [6.07, 6.45) is 12.1. The average Bonchev–Trinajstić information content (AvgIpc) is 3.27. The van der Waals surface area contributed by atoms with E-state index in [0.29, 0.717) is 23.3 Å². The molecule has 0 saturated heterocycles. The standard InChI is InChI=1S/C20H23N3O2/c21-11-14-2-8-19(22-12-14)25-17-6-4-16(5-7-17)23-20(24)18-10-13-1-3-15(18)9-13/h1-3,8,12-13,15-18H,4-7,9-10H2,(H,23,24)/t13-,15-,16?,17?,18+/m0/s1. The van der Waals surface area contributed by atoms with Crippen LogP contribution in [0.2, 0.25) is 0 Å². The molecule has 2 fully saturated rings. The molecule has 5 nitrogen and oxygen atoms in total. The zero-order valence-electron chi connectivity index (χ0n) is 14.2. The van der Waals surface area contributed by atoms with E-state index < -0.39 is 0 Å². The second kappa shape index (κ2) is 6.87. The van der Waals surface area contributed by atoms with Crippen LogP contribution >= 0.6 is 0 Å². The fraction of sp³-hybridized carbons (Fsp3) is 0.550. The molecule has 3 aliphatic carbocycles. The van der Waals surface area contributed by atoms with Gasteiger partial charge in [0.1, 0.15) is 12.2 Å². The Kier molecular flexibility index (Phi) is 4.44. The lowest BCUT2D eigenvalue weighted by Gasteiger charge is -2.30. The van der Waals surface area contributed by atoms with Gasteiger partial charge >= 0.3 is 0 Å². The van der Waals surface area contributed by atoms with Gasteiger partial charge < -0.3 is 10.1 Å². The van der Waals surface area contributed by atoms with Crippen molar-refractivity contribution in [3.05, 3.63) is 36.0 Å². The predicted molar refractivity (Wildman–Crippen MR) is 92.6 cm³/mol. The van der Waals surface area contributed by atoms with Crippen LogP contribution in [-0.4, -0.2) is 23.0 Å². The molecule has 2 bridgehead atoms. The largest absolute Gasteiger partial charge is 0.474 e. The highest BCUT2D eigenvalue weighted by Gasteiger charge is 2.40. The molecule has 2 saturated carbocycles. The first-order valence-corrected chi connectivity index (χ1v) is 9.23. The van der Waals surface area contributed by atoms with E-state index in [-0.39, 0.29) is 24.0 Å². The fourth-order valence-corrected chi connectivity index (χ4v) is 4.40. The first kappa shape index (κ1) is 16.1. The second-order valence-corrected chi connectivity index (χ2v) is 7.48. The summed E-state index contributed by atoms with van der Waals surface area (Å²) in [6, 6.07) is 5.79. The third-order valence-electron chi connectivity index (χ3n) is 5.79. The number of nitriles is 1. The molecule has 4 rings (SSSR count). The normalized spacial score (nSPS) is 33.0. The van der Waals surface area contributed by atoms with Crippen LogP contribution in [0.25, 0.3) is 0 Å². The second-order valence-electron chi connectivity index (χ2n) is 7.48. The van der Waals surface area contributed by atoms with Crippen LogP contribution in [0.5, 0.6) is 5.88 Å². The minimum atomic E-state index is 0.138. The molecular formula is C20H23N3O2. The monoisotopic (exact) mass is 337 g/mol. The van der Waals surface area contributed by atoms with Crippen molar-refractivity contribution >= 4 is 5.91 Å². The zero-order valence-corrected chi connectivity index (χ0v) is 14.2. The molecule has 3 aliphatic rings. The maximum Gasteiger partial charge on any atom is 0.223 e. The zero-order chi connectivity index (χ0) is 17.2. The number of ether oxygens (including phenoxy) is 1. The molecule has 5 heteroatoms. The number of allylic oxidation sites excluding steroid dienone is 2. The van der Waals surface area contributed by atoms with Gasteiger partial charge in [-0.3, -0.25) is 4.79 Å². The number of pyridine rings is 1. The Balaban J connectivity index is 1.23. The molecule has 0 spiro atoms. The van der Waals surface area contributed by atoms with Crippen LogP contribution in [0.3, 0.4) is 0 Å². The van der Waals surface area contributed by atoms with E-state index in [2.05, 4.69) is 28.5 Å². The SMILES string of the molecule is N#Cc1ccc(OC2CCC(NC(=O)[C@@H]3C[C@H]4C=C[C@H]3C4)CC2)nc1. The van der Waals surface area contributed by atoms with Crippen molar-refractivity contribution in [1.29, 1.82) is 5.26 Å². The average molecular weight is 337 g/mol. The molecular weight excluding hydrogens is 314 g/mol. The van der Waals surface area contributed by atoms with E-state index in [0.717, 1.165) is 38.5 Å². The molecule has 1 aromatic rings. The summed E-state index contributed by atoms with van der Waals surface area (Å²) in [7, 11) is 0. The molecule has 1 heterocycles. The van der Waals surface area contributed by atoms with E-state index >= 15 is 0 Å². The molecule has 3 atom stereocenters. The Morgan fingerprint density at radius 3 is 2.64 bits per heavy atom. The van der Waals surface area contributed by atoms with Gasteiger partial charge in [-0.05, 0) is 56.4 Å². The molecule has 1 aromatic heterocycles. The number of carbonyl (C=O) groups is 1. The minimum Gasteiger partial charge on any atom is -0.474 e. The summed E-state index contributed by atoms with van der Waals surface area (Å²) in [5.74, 6) is 2.10. The van der Waals surface area contributed by atoms with Crippen molar-refractivity contribution in [2.75, 3.05) is 0 Å². The predicted octanol–water partition coefficient (Wildman–Crippen LogP) is 2.97. The Bertz CT molecular complexity index is 699. The van der Waals surface area contributed by atoms with Crippen LogP contribution < -0.4 is 10.1 Å². The van der Waals surface area contributed by atoms with E-state index in [1.807, 2.05) is 0 Å². The quantitative estimate of drug-likeness (QED) is 0.857. The van der Waals surface area contributed by atoms with Gasteiger partial charge in [0.2, 0.25) is 11.8 Å². The molecule has 0 aromatic carbocycles. The summed E-state index contributed by atoms with van der Waals surface area (Å²) in [6.45, 7) is 0. The number of nitrogens with one attached hydrogen (secondary N) is 1. The number of carbonyl (C=O) groups excluding carboxylic acids is 1. The van der Waals surface area contributed by atoms with Gasteiger partial charge in [0.25, 0.3) is 0 Å². The van der Waals surface area contributed by atoms with E-state index in [9.17, 15) is 4.79 Å². The highest BCUT2D eigenvalue weighted by atomic mass is 16.5. The summed E-state index contributed by atoms with van der Waals surface area (Å²) in [5.41, 5.74) is 0.536. The third kappa shape index (κ3) is 3.53. The van der Waals surface area contributed by atoms with Gasteiger partial charge in [0.05, 0.1) is 5.56 Å². The topological polar surface area (TPSA) is 75.0 Å². The summed E-state index contributed by atoms with van der Waals surface area (Å²) >= 11 is 0. The maximum atomic E-state index is 12.5. The number of hydrogen-bond donors (Lipinski definition) is 1. The first-order chi connectivity index (χ1) is 12.2. The smallest absolute Gasteiger partial charge is 0.223 e. The Morgan fingerprint density at radius 2 is 2.04 bits per heavy atom. The summed E-state index contributed by atoms with van der Waals surface area (Å²) in [5, 5.41) is 12.1. The Hall–Kier alpha value is -2.35. The van der Waals surface area contributed by atoms with Crippen molar-refractivity contribution in [3.63, 3.8) is 0 Å². The van der Waals surface area contributed by atoms with Crippen LogP contribution in [0.4, 0.5) is 0 Å². The van der Waals surface area contributed by atoms with Crippen molar-refractivity contribution in [2.24, 2.45) is 17.8 Å². The van der Waals surface area contributed by atoms with Crippen molar-refractivity contribution in [1.82, 2.24) is 10.3 Å². The van der Waals surface area contributed by atoms with E-state index in [1.54, 1.807) is 12.1 Å². The highest BCUT2D eigenvalue weighted by Crippen LogP contribution is 2.43. The van der Waals surface area contributed by atoms with Crippen LogP contribution in [-0.2, 0) is 4.79 Å². The first-order valence-electron chi connectivity index (χ1n) is 9.23. The van der Waals surface area contributed by atoms with Crippen LogP contribution in [0, 0.1) is 29.1 Å². The van der Waals surface area contributed by atoms with Crippen LogP contribution in [0.1, 0.15) is 44.1 Å². The van der Waals surface area contributed by atoms with Crippen molar-refractivity contribution in [2.45, 2.75) is 50.7 Å². The summed E-state index contributed by atoms with van der Waals surface area (Å²) < 4.78 is 5.91. The van der Waals surface area contributed by atoms with Gasteiger partial charge in [0.15, 0.2) is 0 Å². The Labute approximate surface area is 148 Å². The lowest BCUT2D eigenvalue weighted by Crippen LogP contribution is -2.43. The lowest BCUT2D eigenvalue weighted by atomic mass is 9.90. The van der Waals surface area contributed by atoms with Crippen LogP contribution in [0.15, 0.2) is 30.5 Å². The van der Waals surface area contributed by atoms with Gasteiger partial charge in [-0.2, -0.15) is 5.26 Å². The summed E-state index contributed by atoms with van der Waals surface area (Å²) in [4.78, 5) is 16.7. The van der Waals surface area contributed by atoms with Crippen molar-refractivity contribution in [3.8, 4) is 11.9 Å². The number of rotatable bonds is 4. The number of hydrogen-bond acceptors (Lipinski definition) is 4. The Morgan fingerprint density at radius 1 is 1.20 bits per heavy atom. The number of fused-ring (bicyclic) bond motifs is 2. The molecule has 1 N–H and O–H groups in total. The molecule has 0 aliphatic heterocycles. The minimum absolute atomic E-state index is 0.138. The molecule has 0 unspecified atom stereocenters. The molecule has 0 radical (unpaired) electrons. The number of amides is 1. The van der Waals surface area contributed by atoms with E-state index in [1.165, 1.54) is 6.20 Å². The number of aromatic nitrogens is 1.